The molecule has 84 heavy (non-hydrogen) atoms. The zero-order valence-corrected chi connectivity index (χ0v) is 56.0. The summed E-state index contributed by atoms with van der Waals surface area (Å²) in [5, 5.41) is 3.14. The number of hydrogen-bond donors (Lipinski definition) is 3. The molecule has 0 saturated carbocycles. The van der Waals surface area contributed by atoms with E-state index in [4.69, 9.17) is 11.5 Å². The Kier molecular flexibility index (Phi) is 61.7. The molecule has 5 N–H and O–H groups in total. The number of carbonyl (C=O) groups is 5. The summed E-state index contributed by atoms with van der Waals surface area (Å²) in [6.45, 7) is 11.1. The van der Waals surface area contributed by atoms with E-state index in [-0.39, 0.29) is 56.4 Å². The van der Waals surface area contributed by atoms with Crippen molar-refractivity contribution in [3.8, 4) is 0 Å². The van der Waals surface area contributed by atoms with Gasteiger partial charge in [0.25, 0.3) is 0 Å². The molecule has 0 aliphatic heterocycles. The number of nitrogens with one attached hydrogen (secondary N) is 1. The molecule has 0 aliphatic rings. The quantitative estimate of drug-likeness (QED) is 0.0403. The number of amides is 5. The fourth-order valence-corrected chi connectivity index (χ4v) is 11.2. The first-order valence-electron chi connectivity index (χ1n) is 36.2. The first-order valence-corrected chi connectivity index (χ1v) is 36.2. The van der Waals surface area contributed by atoms with E-state index < -0.39 is 5.91 Å². The molecule has 0 saturated heterocycles. The molecule has 0 fully saturated rings. The van der Waals surface area contributed by atoms with Crippen molar-refractivity contribution in [1.29, 1.82) is 0 Å². The Bertz CT molecular complexity index is 1560. The first kappa shape index (κ1) is 80.8. The molecule has 5 amide bonds. The fraction of sp³-hybridized carbons (Fsp3) is 0.875. The summed E-state index contributed by atoms with van der Waals surface area (Å²) in [5.41, 5.74) is 11.5. The first-order chi connectivity index (χ1) is 41.1. The van der Waals surface area contributed by atoms with Crippen molar-refractivity contribution in [2.75, 3.05) is 72.0 Å². The standard InChI is InChI=1S/C72H139N7O5/c1-5-9-13-17-21-25-29-31-33-35-37-39-43-45-49-53-59-76(64-68(74)80)70(82)66-78(61-55-51-47-42-28-24-20-16-12-8-4)72(84)67-79(62-56-52-48-44-40-38-36-34-32-30-26-22-18-14-10-6-2)71(83)65-77(69(81)63-75-58-57-73)60-54-50-46-41-27-23-19-15-11-7-3/h31-34,75H,5-30,35-67,73H2,1-4H3,(H2,74,80)/b33-31-,34-32-. The minimum Gasteiger partial charge on any atom is -0.368 e. The molecule has 0 atom stereocenters. The van der Waals surface area contributed by atoms with E-state index in [1.807, 2.05) is 0 Å². The van der Waals surface area contributed by atoms with E-state index in [0.29, 0.717) is 39.3 Å². The van der Waals surface area contributed by atoms with E-state index in [1.54, 1.807) is 19.6 Å². The molecule has 0 radical (unpaired) electrons. The molecule has 0 heterocycles. The van der Waals surface area contributed by atoms with E-state index in [9.17, 15) is 24.0 Å². The van der Waals surface area contributed by atoms with Gasteiger partial charge in [0.1, 0.15) is 0 Å². The summed E-state index contributed by atoms with van der Waals surface area (Å²) in [4.78, 5) is 76.3. The molecule has 0 aromatic heterocycles. The van der Waals surface area contributed by atoms with Gasteiger partial charge in [0.15, 0.2) is 0 Å². The minimum atomic E-state index is -0.567. The number of rotatable bonds is 66. The lowest BCUT2D eigenvalue weighted by atomic mass is 10.1. The Hall–Kier alpha value is -3.25. The normalized spacial score (nSPS) is 11.6. The monoisotopic (exact) mass is 1180 g/mol. The summed E-state index contributed by atoms with van der Waals surface area (Å²) in [6.07, 6.45) is 65.7. The van der Waals surface area contributed by atoms with Crippen LogP contribution in [0.15, 0.2) is 24.3 Å². The Balaban J connectivity index is 6.08. The summed E-state index contributed by atoms with van der Waals surface area (Å²) < 4.78 is 0. The molecule has 0 spiro atoms. The van der Waals surface area contributed by atoms with Gasteiger partial charge in [0.05, 0.1) is 32.7 Å². The van der Waals surface area contributed by atoms with Crippen LogP contribution < -0.4 is 16.8 Å². The molecule has 12 nitrogen and oxygen atoms in total. The van der Waals surface area contributed by atoms with Gasteiger partial charge in [-0.15, -0.1) is 0 Å². The number of allylic oxidation sites excluding steroid dienone is 4. The third-order valence-corrected chi connectivity index (χ3v) is 16.8. The predicted octanol–water partition coefficient (Wildman–Crippen LogP) is 17.3. The van der Waals surface area contributed by atoms with Crippen molar-refractivity contribution in [2.45, 2.75) is 336 Å². The van der Waals surface area contributed by atoms with Crippen molar-refractivity contribution < 1.29 is 24.0 Å². The smallest absolute Gasteiger partial charge is 0.242 e. The van der Waals surface area contributed by atoms with Crippen LogP contribution in [0, 0.1) is 0 Å². The van der Waals surface area contributed by atoms with Gasteiger partial charge in [0, 0.05) is 39.3 Å². The number of nitrogens with zero attached hydrogens (tertiary/aromatic N) is 4. The second-order valence-corrected chi connectivity index (χ2v) is 24.9. The van der Waals surface area contributed by atoms with E-state index in [2.05, 4.69) is 57.3 Å². The van der Waals surface area contributed by atoms with Gasteiger partial charge >= 0.3 is 0 Å². The van der Waals surface area contributed by atoms with Crippen LogP contribution in [0.4, 0.5) is 0 Å². The van der Waals surface area contributed by atoms with E-state index >= 15 is 0 Å². The van der Waals surface area contributed by atoms with Crippen LogP contribution in [0.1, 0.15) is 336 Å². The maximum absolute atomic E-state index is 14.7. The second kappa shape index (κ2) is 64.2. The van der Waals surface area contributed by atoms with Gasteiger partial charge in [0.2, 0.25) is 29.5 Å². The highest BCUT2D eigenvalue weighted by molar-refractivity contribution is 5.91. The topological polar surface area (TPSA) is 162 Å². The van der Waals surface area contributed by atoms with Crippen LogP contribution in [0.25, 0.3) is 0 Å². The average Bonchev–Trinajstić information content (AvgIpc) is 3.67. The van der Waals surface area contributed by atoms with Crippen molar-refractivity contribution in [2.24, 2.45) is 11.5 Å². The zero-order valence-electron chi connectivity index (χ0n) is 56.0. The van der Waals surface area contributed by atoms with Crippen molar-refractivity contribution in [3.05, 3.63) is 24.3 Å². The minimum absolute atomic E-state index is 0.0969. The van der Waals surface area contributed by atoms with E-state index in [1.165, 1.54) is 199 Å². The van der Waals surface area contributed by atoms with Crippen molar-refractivity contribution in [3.63, 3.8) is 0 Å². The number of carbonyl (C=O) groups excluding carboxylic acids is 5. The van der Waals surface area contributed by atoms with E-state index in [0.717, 1.165) is 109 Å². The van der Waals surface area contributed by atoms with Gasteiger partial charge in [-0.1, -0.05) is 283 Å². The molecule has 12 heteroatoms. The molecule has 0 rings (SSSR count). The SMILES string of the molecule is CCCCCCCC/C=C\CCCCCCCCN(CC(N)=O)C(=O)CN(CCCCCCCCCCCC)C(=O)CN(CCCCCCCC/C=C\CCCCCCCC)C(=O)CN(CCCCCCCCCCCC)C(=O)CNCCN. The van der Waals surface area contributed by atoms with Crippen LogP contribution in [-0.2, 0) is 24.0 Å². The lowest BCUT2D eigenvalue weighted by molar-refractivity contribution is -0.146. The number of hydrogen-bond acceptors (Lipinski definition) is 7. The van der Waals surface area contributed by atoms with Gasteiger partial charge in [-0.2, -0.15) is 0 Å². The Morgan fingerprint density at radius 3 is 0.750 bits per heavy atom. The van der Waals surface area contributed by atoms with Gasteiger partial charge < -0.3 is 36.4 Å². The molecular formula is C72H139N7O5. The van der Waals surface area contributed by atoms with Gasteiger partial charge in [-0.05, 0) is 77.0 Å². The molecule has 0 unspecified atom stereocenters. The highest BCUT2D eigenvalue weighted by Crippen LogP contribution is 2.17. The number of nitrogens with two attached hydrogens (primary N) is 2. The Morgan fingerprint density at radius 2 is 0.512 bits per heavy atom. The lowest BCUT2D eigenvalue weighted by Gasteiger charge is -2.31. The largest absolute Gasteiger partial charge is 0.368 e. The maximum atomic E-state index is 14.7. The summed E-state index contributed by atoms with van der Waals surface area (Å²) >= 11 is 0. The van der Waals surface area contributed by atoms with Gasteiger partial charge in [-0.25, -0.2) is 0 Å². The summed E-state index contributed by atoms with van der Waals surface area (Å²) in [7, 11) is 0. The number of primary amides is 1. The van der Waals surface area contributed by atoms with Crippen LogP contribution in [0.2, 0.25) is 0 Å². The summed E-state index contributed by atoms with van der Waals surface area (Å²) in [5.74, 6) is -1.50. The molecule has 492 valence electrons. The molecule has 0 bridgehead atoms. The third kappa shape index (κ3) is 54.2. The molecule has 0 aliphatic carbocycles. The summed E-state index contributed by atoms with van der Waals surface area (Å²) in [6, 6.07) is 0. The highest BCUT2D eigenvalue weighted by Gasteiger charge is 2.27. The van der Waals surface area contributed by atoms with Crippen LogP contribution in [0.3, 0.4) is 0 Å². The average molecular weight is 1180 g/mol. The lowest BCUT2D eigenvalue weighted by Crippen LogP contribution is -2.51. The van der Waals surface area contributed by atoms with Crippen LogP contribution in [-0.4, -0.2) is 121 Å². The maximum Gasteiger partial charge on any atom is 0.242 e. The second-order valence-electron chi connectivity index (χ2n) is 24.9. The molecule has 0 aromatic carbocycles. The van der Waals surface area contributed by atoms with Crippen molar-refractivity contribution in [1.82, 2.24) is 24.9 Å². The highest BCUT2D eigenvalue weighted by atomic mass is 16.2. The third-order valence-electron chi connectivity index (χ3n) is 16.8. The van der Waals surface area contributed by atoms with Crippen LogP contribution in [0.5, 0.6) is 0 Å². The zero-order chi connectivity index (χ0) is 61.5. The van der Waals surface area contributed by atoms with Crippen molar-refractivity contribution >= 4 is 29.5 Å². The molecular weight excluding hydrogens is 1040 g/mol. The Labute approximate surface area is 519 Å². The Morgan fingerprint density at radius 1 is 0.298 bits per heavy atom. The number of unbranched alkanes of at least 4 members (excludes halogenated alkanes) is 42. The van der Waals surface area contributed by atoms with Crippen LogP contribution >= 0.6 is 0 Å². The molecule has 0 aromatic rings. The predicted molar refractivity (Wildman–Crippen MR) is 360 cm³/mol. The fourth-order valence-electron chi connectivity index (χ4n) is 11.2. The van der Waals surface area contributed by atoms with Gasteiger partial charge in [-0.3, -0.25) is 24.0 Å².